The lowest BCUT2D eigenvalue weighted by molar-refractivity contribution is 0.318. The molecular weight excluding hydrogens is 215 g/mol. The molecule has 0 bridgehead atoms. The summed E-state index contributed by atoms with van der Waals surface area (Å²) in [6, 6.07) is 6.32. The smallest absolute Gasteiger partial charge is 0.146 e. The van der Waals surface area contributed by atoms with Crippen LogP contribution in [0.25, 0.3) is 0 Å². The lowest BCUT2D eigenvalue weighted by atomic mass is 10.1. The van der Waals surface area contributed by atoms with E-state index in [0.29, 0.717) is 17.8 Å². The highest BCUT2D eigenvalue weighted by atomic mass is 19.1. The summed E-state index contributed by atoms with van der Waals surface area (Å²) >= 11 is 0. The molecule has 0 saturated carbocycles. The van der Waals surface area contributed by atoms with Crippen LogP contribution in [-0.4, -0.2) is 30.1 Å². The lowest BCUT2D eigenvalue weighted by Crippen LogP contribution is -2.34. The highest BCUT2D eigenvalue weighted by molar-refractivity contribution is 5.52. The van der Waals surface area contributed by atoms with E-state index in [1.54, 1.807) is 6.07 Å². The molecule has 2 aliphatic heterocycles. The van der Waals surface area contributed by atoms with Gasteiger partial charge in [-0.1, -0.05) is 12.1 Å². The average molecular weight is 234 g/mol. The number of para-hydroxylation sites is 1. The number of nitrogens with zero attached hydrogens (tertiary/aromatic N) is 1. The van der Waals surface area contributed by atoms with Gasteiger partial charge in [-0.15, -0.1) is 0 Å². The molecule has 2 heterocycles. The van der Waals surface area contributed by atoms with Crippen molar-refractivity contribution >= 4 is 5.69 Å². The second-order valence-corrected chi connectivity index (χ2v) is 5.22. The first-order chi connectivity index (χ1) is 8.25. The van der Waals surface area contributed by atoms with Crippen molar-refractivity contribution in [2.45, 2.75) is 38.3 Å². The molecule has 1 aromatic rings. The summed E-state index contributed by atoms with van der Waals surface area (Å²) in [5.41, 5.74) is 1.70. The van der Waals surface area contributed by atoms with Crippen molar-refractivity contribution < 1.29 is 4.39 Å². The van der Waals surface area contributed by atoms with Crippen LogP contribution in [0.2, 0.25) is 0 Å². The minimum atomic E-state index is -0.124. The number of halogens is 1. The Kier molecular flexibility index (Phi) is 2.79. The van der Waals surface area contributed by atoms with Crippen LogP contribution in [0.4, 0.5) is 10.1 Å². The Hall–Kier alpha value is -1.09. The summed E-state index contributed by atoms with van der Waals surface area (Å²) in [6.07, 6.45) is 3.68. The normalized spacial score (nSPS) is 28.4. The molecule has 0 aromatic heterocycles. The summed E-state index contributed by atoms with van der Waals surface area (Å²) in [5, 5.41) is 3.43. The van der Waals surface area contributed by atoms with Crippen LogP contribution in [0, 0.1) is 12.7 Å². The molecule has 3 heteroatoms. The van der Waals surface area contributed by atoms with Gasteiger partial charge in [-0.3, -0.25) is 4.90 Å². The van der Waals surface area contributed by atoms with Gasteiger partial charge in [0, 0.05) is 18.6 Å². The number of benzene rings is 1. The van der Waals surface area contributed by atoms with Crippen LogP contribution in [0.15, 0.2) is 18.2 Å². The maximum absolute atomic E-state index is 13.8. The van der Waals surface area contributed by atoms with Gasteiger partial charge in [0.05, 0.1) is 5.69 Å². The van der Waals surface area contributed by atoms with E-state index in [0.717, 1.165) is 18.5 Å². The molecule has 1 N–H and O–H groups in total. The Bertz CT molecular complexity index is 398. The van der Waals surface area contributed by atoms with Crippen LogP contribution in [0.3, 0.4) is 0 Å². The number of hydrogen-bond donors (Lipinski definition) is 1. The van der Waals surface area contributed by atoms with E-state index in [-0.39, 0.29) is 5.82 Å². The molecule has 92 valence electrons. The number of fused-ring (bicyclic) bond motifs is 1. The first kappa shape index (κ1) is 11.0. The van der Waals surface area contributed by atoms with Crippen molar-refractivity contribution in [2.75, 3.05) is 18.4 Å². The van der Waals surface area contributed by atoms with Crippen LogP contribution in [0.5, 0.6) is 0 Å². The number of rotatable bonds is 2. The largest absolute Gasteiger partial charge is 0.378 e. The Labute approximate surface area is 102 Å². The maximum atomic E-state index is 13.8. The SMILES string of the molecule is Cc1cccc(F)c1NC1CCN2CCCC12. The van der Waals surface area contributed by atoms with Gasteiger partial charge in [0.25, 0.3) is 0 Å². The zero-order chi connectivity index (χ0) is 11.8. The van der Waals surface area contributed by atoms with E-state index < -0.39 is 0 Å². The van der Waals surface area contributed by atoms with Crippen LogP contribution < -0.4 is 5.32 Å². The van der Waals surface area contributed by atoms with Crippen molar-refractivity contribution in [3.8, 4) is 0 Å². The van der Waals surface area contributed by atoms with Crippen molar-refractivity contribution in [1.82, 2.24) is 4.90 Å². The first-order valence-corrected chi connectivity index (χ1v) is 6.51. The quantitative estimate of drug-likeness (QED) is 0.846. The van der Waals surface area contributed by atoms with Gasteiger partial charge >= 0.3 is 0 Å². The van der Waals surface area contributed by atoms with Gasteiger partial charge in [-0.25, -0.2) is 4.39 Å². The Morgan fingerprint density at radius 2 is 2.18 bits per heavy atom. The molecule has 3 rings (SSSR count). The fourth-order valence-electron chi connectivity index (χ4n) is 3.25. The summed E-state index contributed by atoms with van der Waals surface area (Å²) in [6.45, 7) is 4.35. The minimum Gasteiger partial charge on any atom is -0.378 e. The van der Waals surface area contributed by atoms with Crippen LogP contribution in [-0.2, 0) is 0 Å². The number of hydrogen-bond acceptors (Lipinski definition) is 2. The van der Waals surface area contributed by atoms with Crippen molar-refractivity contribution in [1.29, 1.82) is 0 Å². The van der Waals surface area contributed by atoms with E-state index in [1.807, 2.05) is 13.0 Å². The van der Waals surface area contributed by atoms with E-state index in [9.17, 15) is 4.39 Å². The molecule has 2 atom stereocenters. The fourth-order valence-corrected chi connectivity index (χ4v) is 3.25. The topological polar surface area (TPSA) is 15.3 Å². The van der Waals surface area contributed by atoms with E-state index in [1.165, 1.54) is 25.5 Å². The van der Waals surface area contributed by atoms with E-state index in [4.69, 9.17) is 0 Å². The predicted molar refractivity (Wildman–Crippen MR) is 67.8 cm³/mol. The molecule has 2 saturated heterocycles. The molecule has 1 aromatic carbocycles. The zero-order valence-corrected chi connectivity index (χ0v) is 10.2. The third-order valence-electron chi connectivity index (χ3n) is 4.16. The second-order valence-electron chi connectivity index (χ2n) is 5.22. The lowest BCUT2D eigenvalue weighted by Gasteiger charge is -2.23. The summed E-state index contributed by atoms with van der Waals surface area (Å²) in [7, 11) is 0. The monoisotopic (exact) mass is 234 g/mol. The van der Waals surface area contributed by atoms with Crippen LogP contribution >= 0.6 is 0 Å². The van der Waals surface area contributed by atoms with Gasteiger partial charge in [0.1, 0.15) is 5.82 Å². The standard InChI is InChI=1S/C14H19FN2/c1-10-4-2-5-11(15)14(10)16-12-7-9-17-8-3-6-13(12)17/h2,4-5,12-13,16H,3,6-9H2,1H3. The summed E-state index contributed by atoms with van der Waals surface area (Å²) in [5.74, 6) is -0.124. The van der Waals surface area contributed by atoms with Crippen molar-refractivity contribution in [3.05, 3.63) is 29.6 Å². The molecular formula is C14H19FN2. The molecule has 2 unspecified atom stereocenters. The predicted octanol–water partition coefficient (Wildman–Crippen LogP) is 2.78. The highest BCUT2D eigenvalue weighted by Crippen LogP contribution is 2.31. The van der Waals surface area contributed by atoms with Gasteiger partial charge in [-0.2, -0.15) is 0 Å². The Morgan fingerprint density at radius 3 is 3.00 bits per heavy atom. The highest BCUT2D eigenvalue weighted by Gasteiger charge is 2.37. The summed E-state index contributed by atoms with van der Waals surface area (Å²) < 4.78 is 13.8. The molecule has 17 heavy (non-hydrogen) atoms. The zero-order valence-electron chi connectivity index (χ0n) is 10.2. The first-order valence-electron chi connectivity index (χ1n) is 6.51. The van der Waals surface area contributed by atoms with E-state index >= 15 is 0 Å². The Balaban J connectivity index is 1.79. The molecule has 2 fully saturated rings. The number of nitrogens with one attached hydrogen (secondary N) is 1. The molecule has 0 spiro atoms. The Morgan fingerprint density at radius 1 is 1.29 bits per heavy atom. The van der Waals surface area contributed by atoms with Gasteiger partial charge in [-0.05, 0) is 44.4 Å². The summed E-state index contributed by atoms with van der Waals surface area (Å²) in [4.78, 5) is 2.54. The van der Waals surface area contributed by atoms with Gasteiger partial charge < -0.3 is 5.32 Å². The molecule has 2 aliphatic rings. The van der Waals surface area contributed by atoms with Gasteiger partial charge in [0.2, 0.25) is 0 Å². The molecule has 0 aliphatic carbocycles. The fraction of sp³-hybridized carbons (Fsp3) is 0.571. The van der Waals surface area contributed by atoms with E-state index in [2.05, 4.69) is 10.2 Å². The number of anilines is 1. The molecule has 0 amide bonds. The maximum Gasteiger partial charge on any atom is 0.146 e. The van der Waals surface area contributed by atoms with Crippen molar-refractivity contribution in [2.24, 2.45) is 0 Å². The molecule has 2 nitrogen and oxygen atoms in total. The van der Waals surface area contributed by atoms with Crippen LogP contribution in [0.1, 0.15) is 24.8 Å². The third kappa shape index (κ3) is 1.93. The third-order valence-corrected chi connectivity index (χ3v) is 4.16. The average Bonchev–Trinajstić information content (AvgIpc) is 2.87. The second kappa shape index (κ2) is 4.30. The number of aryl methyl sites for hydroxylation is 1. The van der Waals surface area contributed by atoms with Gasteiger partial charge in [0.15, 0.2) is 0 Å². The minimum absolute atomic E-state index is 0.124. The van der Waals surface area contributed by atoms with Crippen molar-refractivity contribution in [3.63, 3.8) is 0 Å². The molecule has 0 radical (unpaired) electrons.